The normalized spacial score (nSPS) is 10.5. The number of carbonyl (C=O) groups is 1. The van der Waals surface area contributed by atoms with Crippen LogP contribution in [0.4, 0.5) is 5.69 Å². The molecule has 0 aliphatic rings. The molecule has 154 valence electrons. The number of hydrogen-bond acceptors (Lipinski definition) is 4. The average molecular weight is 420 g/mol. The topological polar surface area (TPSA) is 87.4 Å². The summed E-state index contributed by atoms with van der Waals surface area (Å²) in [4.78, 5) is 11.7. The van der Waals surface area contributed by atoms with Crippen LogP contribution in [-0.2, 0) is 19.5 Å². The molecule has 0 fully saturated rings. The summed E-state index contributed by atoms with van der Waals surface area (Å²) >= 11 is 5.62. The van der Waals surface area contributed by atoms with E-state index in [4.69, 9.17) is 23.1 Å². The third-order valence-electron chi connectivity index (χ3n) is 4.84. The Hall–Kier alpha value is -3.22. The molecule has 0 unspecified atom stereocenters. The molecule has 6 heteroatoms. The van der Waals surface area contributed by atoms with E-state index < -0.39 is 5.97 Å². The highest BCUT2D eigenvalue weighted by Gasteiger charge is 2.08. The summed E-state index contributed by atoms with van der Waals surface area (Å²) in [6, 6.07) is 23.1. The number of aromatic carboxylic acids is 1. The van der Waals surface area contributed by atoms with Gasteiger partial charge in [0, 0.05) is 24.3 Å². The highest BCUT2D eigenvalue weighted by molar-refractivity contribution is 7.80. The van der Waals surface area contributed by atoms with Gasteiger partial charge in [0.25, 0.3) is 0 Å². The molecule has 0 atom stereocenters. The Morgan fingerprint density at radius 1 is 0.933 bits per heavy atom. The van der Waals surface area contributed by atoms with Crippen molar-refractivity contribution in [1.82, 2.24) is 10.6 Å². The molecule has 0 amide bonds. The Labute approximate surface area is 181 Å². The quantitative estimate of drug-likeness (QED) is 0.240. The number of nitrogens with one attached hydrogen (secondary N) is 2. The van der Waals surface area contributed by atoms with E-state index in [0.29, 0.717) is 18.8 Å². The standard InChI is InChI=1S/C24H25N3O2S/c25-22-14-19(24(28)29)10-11-20(22)16-26-13-12-18-8-4-5-9-21(18)23(30)27-15-17-6-2-1-3-7-17/h1-11,14,26H,12-13,15-16,25H2,(H,27,30)(H,28,29). The lowest BCUT2D eigenvalue weighted by molar-refractivity contribution is 0.0697. The van der Waals surface area contributed by atoms with Crippen LogP contribution in [0.2, 0.25) is 0 Å². The van der Waals surface area contributed by atoms with Gasteiger partial charge in [-0.3, -0.25) is 0 Å². The highest BCUT2D eigenvalue weighted by atomic mass is 32.1. The van der Waals surface area contributed by atoms with E-state index in [-0.39, 0.29) is 5.56 Å². The van der Waals surface area contributed by atoms with Gasteiger partial charge in [0.15, 0.2) is 0 Å². The zero-order valence-electron chi connectivity index (χ0n) is 16.6. The molecule has 0 saturated carbocycles. The summed E-state index contributed by atoms with van der Waals surface area (Å²) in [6.07, 6.45) is 0.816. The highest BCUT2D eigenvalue weighted by Crippen LogP contribution is 2.15. The molecule has 0 radical (unpaired) electrons. The van der Waals surface area contributed by atoms with Crippen molar-refractivity contribution in [3.05, 3.63) is 101 Å². The molecule has 0 bridgehead atoms. The number of nitrogen functional groups attached to an aromatic ring is 1. The number of hydrogen-bond donors (Lipinski definition) is 4. The van der Waals surface area contributed by atoms with Crippen molar-refractivity contribution in [3.63, 3.8) is 0 Å². The molecule has 0 aliphatic carbocycles. The van der Waals surface area contributed by atoms with E-state index in [2.05, 4.69) is 28.8 Å². The zero-order chi connectivity index (χ0) is 21.3. The summed E-state index contributed by atoms with van der Waals surface area (Å²) in [5.41, 5.74) is 10.9. The summed E-state index contributed by atoms with van der Waals surface area (Å²) in [5.74, 6) is -0.977. The molecule has 3 rings (SSSR count). The van der Waals surface area contributed by atoms with Crippen molar-refractivity contribution in [1.29, 1.82) is 0 Å². The molecule has 5 N–H and O–H groups in total. The second-order valence-electron chi connectivity index (χ2n) is 6.97. The van der Waals surface area contributed by atoms with E-state index in [1.807, 2.05) is 36.4 Å². The number of carboxylic acids is 1. The first kappa shape index (κ1) is 21.5. The van der Waals surface area contributed by atoms with E-state index in [9.17, 15) is 4.79 Å². The lowest BCUT2D eigenvalue weighted by Gasteiger charge is -2.14. The van der Waals surface area contributed by atoms with Gasteiger partial charge >= 0.3 is 5.97 Å². The first-order chi connectivity index (χ1) is 14.5. The van der Waals surface area contributed by atoms with Crippen LogP contribution < -0.4 is 16.4 Å². The van der Waals surface area contributed by atoms with Crippen LogP contribution in [0.5, 0.6) is 0 Å². The Bertz CT molecular complexity index is 1020. The van der Waals surface area contributed by atoms with E-state index in [1.165, 1.54) is 17.2 Å². The second-order valence-corrected chi connectivity index (χ2v) is 7.38. The van der Waals surface area contributed by atoms with Crippen molar-refractivity contribution in [2.24, 2.45) is 0 Å². The van der Waals surface area contributed by atoms with Crippen LogP contribution in [0.1, 0.15) is 32.6 Å². The zero-order valence-corrected chi connectivity index (χ0v) is 17.4. The van der Waals surface area contributed by atoms with Crippen LogP contribution in [0.15, 0.2) is 72.8 Å². The Morgan fingerprint density at radius 3 is 2.40 bits per heavy atom. The number of rotatable bonds is 9. The molecule has 0 spiro atoms. The van der Waals surface area contributed by atoms with Crippen molar-refractivity contribution >= 4 is 28.9 Å². The minimum atomic E-state index is -0.977. The predicted molar refractivity (Wildman–Crippen MR) is 125 cm³/mol. The van der Waals surface area contributed by atoms with Gasteiger partial charge in [0.1, 0.15) is 4.99 Å². The average Bonchev–Trinajstić information content (AvgIpc) is 2.76. The lowest BCUT2D eigenvalue weighted by atomic mass is 10.0. The van der Waals surface area contributed by atoms with Gasteiger partial charge in [-0.05, 0) is 41.8 Å². The van der Waals surface area contributed by atoms with E-state index >= 15 is 0 Å². The van der Waals surface area contributed by atoms with Crippen molar-refractivity contribution in [2.75, 3.05) is 12.3 Å². The van der Waals surface area contributed by atoms with E-state index in [0.717, 1.165) is 29.1 Å². The molecule has 3 aromatic rings. The second kappa shape index (κ2) is 10.5. The van der Waals surface area contributed by atoms with Gasteiger partial charge < -0.3 is 21.5 Å². The van der Waals surface area contributed by atoms with Crippen LogP contribution in [0.3, 0.4) is 0 Å². The number of thiocarbonyl (C=S) groups is 1. The monoisotopic (exact) mass is 419 g/mol. The summed E-state index contributed by atoms with van der Waals surface area (Å²) in [6.45, 7) is 2.01. The van der Waals surface area contributed by atoms with Crippen molar-refractivity contribution in [2.45, 2.75) is 19.5 Å². The summed E-state index contributed by atoms with van der Waals surface area (Å²) in [5, 5.41) is 15.7. The fraction of sp³-hybridized carbons (Fsp3) is 0.167. The maximum atomic E-state index is 11.0. The third-order valence-corrected chi connectivity index (χ3v) is 5.20. The molecule has 0 saturated heterocycles. The van der Waals surface area contributed by atoms with Crippen LogP contribution >= 0.6 is 12.2 Å². The molecule has 0 aliphatic heterocycles. The summed E-state index contributed by atoms with van der Waals surface area (Å²) < 4.78 is 0. The van der Waals surface area contributed by atoms with Crippen LogP contribution in [-0.4, -0.2) is 22.6 Å². The largest absolute Gasteiger partial charge is 0.478 e. The fourth-order valence-electron chi connectivity index (χ4n) is 3.17. The van der Waals surface area contributed by atoms with Crippen LogP contribution in [0.25, 0.3) is 0 Å². The van der Waals surface area contributed by atoms with Gasteiger partial charge in [-0.15, -0.1) is 0 Å². The van der Waals surface area contributed by atoms with Gasteiger partial charge in [0.05, 0.1) is 5.56 Å². The number of anilines is 1. The SMILES string of the molecule is Nc1cc(C(=O)O)ccc1CNCCc1ccccc1C(=S)NCc1ccccc1. The Balaban J connectivity index is 1.53. The molecule has 5 nitrogen and oxygen atoms in total. The van der Waals surface area contributed by atoms with Gasteiger partial charge in [-0.1, -0.05) is 72.9 Å². The first-order valence-corrected chi connectivity index (χ1v) is 10.2. The maximum Gasteiger partial charge on any atom is 0.335 e. The summed E-state index contributed by atoms with van der Waals surface area (Å²) in [7, 11) is 0. The first-order valence-electron chi connectivity index (χ1n) is 9.77. The lowest BCUT2D eigenvalue weighted by Crippen LogP contribution is -2.24. The maximum absolute atomic E-state index is 11.0. The smallest absolute Gasteiger partial charge is 0.335 e. The Kier molecular flexibility index (Phi) is 7.54. The molecule has 0 aromatic heterocycles. The predicted octanol–water partition coefficient (Wildman–Crippen LogP) is 3.76. The van der Waals surface area contributed by atoms with Crippen molar-refractivity contribution < 1.29 is 9.90 Å². The Morgan fingerprint density at radius 2 is 1.67 bits per heavy atom. The van der Waals surface area contributed by atoms with Gasteiger partial charge in [0.2, 0.25) is 0 Å². The number of benzene rings is 3. The van der Waals surface area contributed by atoms with Crippen molar-refractivity contribution in [3.8, 4) is 0 Å². The van der Waals surface area contributed by atoms with Gasteiger partial charge in [-0.25, -0.2) is 4.79 Å². The minimum absolute atomic E-state index is 0.196. The molecular formula is C24H25N3O2S. The van der Waals surface area contributed by atoms with Crippen LogP contribution in [0, 0.1) is 0 Å². The molecule has 30 heavy (non-hydrogen) atoms. The fourth-order valence-corrected chi connectivity index (χ4v) is 3.44. The molecular weight excluding hydrogens is 394 g/mol. The number of carboxylic acid groups (broad SMARTS) is 1. The molecule has 0 heterocycles. The number of nitrogens with two attached hydrogens (primary N) is 1. The molecule has 3 aromatic carbocycles. The third kappa shape index (κ3) is 5.89. The van der Waals surface area contributed by atoms with E-state index in [1.54, 1.807) is 12.1 Å². The van der Waals surface area contributed by atoms with Gasteiger partial charge in [-0.2, -0.15) is 0 Å². The minimum Gasteiger partial charge on any atom is -0.478 e.